The maximum atomic E-state index is 13.4. The monoisotopic (exact) mass is 284 g/mol. The number of anilines is 1. The summed E-state index contributed by atoms with van der Waals surface area (Å²) in [7, 11) is 3.63. The third kappa shape index (κ3) is 2.43. The van der Waals surface area contributed by atoms with Crippen LogP contribution in [0.1, 0.15) is 22.7 Å². The first kappa shape index (κ1) is 13.8. The molecule has 0 spiro atoms. The lowest BCUT2D eigenvalue weighted by Crippen LogP contribution is -2.20. The van der Waals surface area contributed by atoms with Crippen molar-refractivity contribution in [1.82, 2.24) is 5.32 Å². The van der Waals surface area contributed by atoms with Crippen LogP contribution in [0.2, 0.25) is 0 Å². The number of hydrogen-bond acceptors (Lipinski definition) is 2. The second-order valence-corrected chi connectivity index (χ2v) is 5.29. The molecule has 2 aromatic carbocycles. The summed E-state index contributed by atoms with van der Waals surface area (Å²) in [6.07, 6.45) is 0.430. The van der Waals surface area contributed by atoms with E-state index in [-0.39, 0.29) is 17.8 Å². The van der Waals surface area contributed by atoms with Crippen LogP contribution < -0.4 is 10.2 Å². The molecule has 21 heavy (non-hydrogen) atoms. The summed E-state index contributed by atoms with van der Waals surface area (Å²) in [6.45, 7) is 0. The number of carbonyl (C=O) groups excluding carboxylic acids is 1. The van der Waals surface area contributed by atoms with Crippen LogP contribution in [0, 0.1) is 5.82 Å². The Morgan fingerprint density at radius 1 is 1.19 bits per heavy atom. The predicted octanol–water partition coefficient (Wildman–Crippen LogP) is 2.65. The Balaban J connectivity index is 2.00. The van der Waals surface area contributed by atoms with E-state index in [1.807, 2.05) is 31.3 Å². The van der Waals surface area contributed by atoms with Crippen LogP contribution in [0.3, 0.4) is 0 Å². The molecule has 0 aromatic heterocycles. The van der Waals surface area contributed by atoms with E-state index in [4.69, 9.17) is 0 Å². The van der Waals surface area contributed by atoms with Gasteiger partial charge in [-0.15, -0.1) is 0 Å². The van der Waals surface area contributed by atoms with Crippen LogP contribution in [-0.2, 0) is 11.2 Å². The third-order valence-electron chi connectivity index (χ3n) is 3.98. The first-order chi connectivity index (χ1) is 10.1. The zero-order valence-corrected chi connectivity index (χ0v) is 12.1. The Bertz CT molecular complexity index is 699. The standard InChI is InChI=1S/C17H17FN2O/c1-19-17(11-4-3-5-14(18)9-11)12-6-7-15-13(8-12)10-16(21)20(15)2/h3-9,17,19H,10H2,1-2H3. The van der Waals surface area contributed by atoms with E-state index in [1.165, 1.54) is 12.1 Å². The molecule has 0 fully saturated rings. The summed E-state index contributed by atoms with van der Waals surface area (Å²) in [4.78, 5) is 13.4. The van der Waals surface area contributed by atoms with Crippen LogP contribution in [0.4, 0.5) is 10.1 Å². The van der Waals surface area contributed by atoms with Crippen LogP contribution >= 0.6 is 0 Å². The van der Waals surface area contributed by atoms with Crippen molar-refractivity contribution in [1.29, 1.82) is 0 Å². The van der Waals surface area contributed by atoms with Crippen LogP contribution in [0.5, 0.6) is 0 Å². The molecule has 108 valence electrons. The smallest absolute Gasteiger partial charge is 0.231 e. The molecule has 1 atom stereocenters. The highest BCUT2D eigenvalue weighted by atomic mass is 19.1. The number of fused-ring (bicyclic) bond motifs is 1. The maximum absolute atomic E-state index is 13.4. The van der Waals surface area contributed by atoms with E-state index >= 15 is 0 Å². The largest absolute Gasteiger partial charge is 0.315 e. The average Bonchev–Trinajstić information content (AvgIpc) is 2.75. The Morgan fingerprint density at radius 3 is 2.67 bits per heavy atom. The topological polar surface area (TPSA) is 32.3 Å². The second-order valence-electron chi connectivity index (χ2n) is 5.29. The first-order valence-electron chi connectivity index (χ1n) is 6.92. The van der Waals surface area contributed by atoms with Gasteiger partial charge in [-0.2, -0.15) is 0 Å². The predicted molar refractivity (Wildman–Crippen MR) is 80.9 cm³/mol. The minimum Gasteiger partial charge on any atom is -0.315 e. The molecule has 0 bridgehead atoms. The van der Waals surface area contributed by atoms with Crippen molar-refractivity contribution in [2.24, 2.45) is 0 Å². The normalized spacial score (nSPS) is 15.2. The van der Waals surface area contributed by atoms with Gasteiger partial charge in [0, 0.05) is 12.7 Å². The van der Waals surface area contributed by atoms with E-state index in [2.05, 4.69) is 5.32 Å². The fourth-order valence-electron chi connectivity index (χ4n) is 2.88. The number of amides is 1. The number of rotatable bonds is 3. The molecule has 3 nitrogen and oxygen atoms in total. The highest BCUT2D eigenvalue weighted by Crippen LogP contribution is 2.32. The molecule has 0 radical (unpaired) electrons. The van der Waals surface area contributed by atoms with Gasteiger partial charge in [0.1, 0.15) is 5.82 Å². The minimum atomic E-state index is -0.246. The Labute approximate surface area is 123 Å². The zero-order valence-electron chi connectivity index (χ0n) is 12.1. The summed E-state index contributed by atoms with van der Waals surface area (Å²) >= 11 is 0. The summed E-state index contributed by atoms with van der Waals surface area (Å²) in [5.41, 5.74) is 3.88. The Kier molecular flexibility index (Phi) is 3.47. The molecule has 0 saturated heterocycles. The molecule has 1 unspecified atom stereocenters. The molecule has 0 aliphatic carbocycles. The van der Waals surface area contributed by atoms with E-state index in [0.717, 1.165) is 22.4 Å². The van der Waals surface area contributed by atoms with E-state index < -0.39 is 0 Å². The van der Waals surface area contributed by atoms with Gasteiger partial charge in [0.15, 0.2) is 0 Å². The van der Waals surface area contributed by atoms with Gasteiger partial charge in [0.2, 0.25) is 5.91 Å². The number of likely N-dealkylation sites (N-methyl/N-ethyl adjacent to an activating group) is 1. The second kappa shape index (κ2) is 5.30. The number of benzene rings is 2. The van der Waals surface area contributed by atoms with Gasteiger partial charge in [-0.25, -0.2) is 4.39 Å². The van der Waals surface area contributed by atoms with Gasteiger partial charge in [-0.05, 0) is 41.9 Å². The van der Waals surface area contributed by atoms with E-state index in [9.17, 15) is 9.18 Å². The van der Waals surface area contributed by atoms with Crippen molar-refractivity contribution in [3.8, 4) is 0 Å². The molecule has 1 heterocycles. The van der Waals surface area contributed by atoms with Crippen molar-refractivity contribution >= 4 is 11.6 Å². The fraction of sp³-hybridized carbons (Fsp3) is 0.235. The molecular weight excluding hydrogens is 267 g/mol. The van der Waals surface area contributed by atoms with Crippen molar-refractivity contribution in [3.63, 3.8) is 0 Å². The van der Waals surface area contributed by atoms with Crippen molar-refractivity contribution in [2.75, 3.05) is 19.0 Å². The van der Waals surface area contributed by atoms with Gasteiger partial charge in [0.05, 0.1) is 12.5 Å². The molecule has 1 amide bonds. The van der Waals surface area contributed by atoms with Gasteiger partial charge in [-0.1, -0.05) is 24.3 Å². The van der Waals surface area contributed by atoms with E-state index in [1.54, 1.807) is 18.0 Å². The SMILES string of the molecule is CNC(c1cccc(F)c1)c1ccc2c(c1)CC(=O)N2C. The van der Waals surface area contributed by atoms with Gasteiger partial charge < -0.3 is 10.2 Å². The van der Waals surface area contributed by atoms with E-state index in [0.29, 0.717) is 6.42 Å². The first-order valence-corrected chi connectivity index (χ1v) is 6.92. The number of nitrogens with one attached hydrogen (secondary N) is 1. The Hall–Kier alpha value is -2.20. The molecule has 0 saturated carbocycles. The van der Waals surface area contributed by atoms with Crippen molar-refractivity contribution < 1.29 is 9.18 Å². The molecule has 1 aliphatic rings. The molecule has 3 rings (SSSR count). The molecular formula is C17H17FN2O. The lowest BCUT2D eigenvalue weighted by Gasteiger charge is -2.19. The lowest BCUT2D eigenvalue weighted by atomic mass is 9.96. The summed E-state index contributed by atoms with van der Waals surface area (Å²) in [6, 6.07) is 12.5. The quantitative estimate of drug-likeness (QED) is 0.940. The third-order valence-corrected chi connectivity index (χ3v) is 3.98. The summed E-state index contributed by atoms with van der Waals surface area (Å²) in [5.74, 6) is -0.141. The average molecular weight is 284 g/mol. The van der Waals surface area contributed by atoms with Gasteiger partial charge in [-0.3, -0.25) is 4.79 Å². The molecule has 1 N–H and O–H groups in total. The summed E-state index contributed by atoms with van der Waals surface area (Å²) in [5, 5.41) is 3.21. The van der Waals surface area contributed by atoms with Crippen LogP contribution in [0.25, 0.3) is 0 Å². The van der Waals surface area contributed by atoms with Crippen molar-refractivity contribution in [3.05, 3.63) is 65.0 Å². The molecule has 1 aliphatic heterocycles. The minimum absolute atomic E-state index is 0.0907. The molecule has 2 aromatic rings. The van der Waals surface area contributed by atoms with Gasteiger partial charge >= 0.3 is 0 Å². The van der Waals surface area contributed by atoms with Gasteiger partial charge in [0.25, 0.3) is 0 Å². The number of halogens is 1. The lowest BCUT2D eigenvalue weighted by molar-refractivity contribution is -0.117. The zero-order chi connectivity index (χ0) is 15.0. The van der Waals surface area contributed by atoms with Crippen LogP contribution in [-0.4, -0.2) is 20.0 Å². The highest BCUT2D eigenvalue weighted by molar-refractivity contribution is 6.00. The van der Waals surface area contributed by atoms with Crippen LogP contribution in [0.15, 0.2) is 42.5 Å². The highest BCUT2D eigenvalue weighted by Gasteiger charge is 2.25. The fourth-order valence-corrected chi connectivity index (χ4v) is 2.88. The number of carbonyl (C=O) groups is 1. The Morgan fingerprint density at radius 2 is 1.95 bits per heavy atom. The summed E-state index contributed by atoms with van der Waals surface area (Å²) < 4.78 is 13.4. The number of hydrogen-bond donors (Lipinski definition) is 1. The maximum Gasteiger partial charge on any atom is 0.231 e. The number of nitrogens with zero attached hydrogens (tertiary/aromatic N) is 1. The molecule has 4 heteroatoms. The van der Waals surface area contributed by atoms with Crippen molar-refractivity contribution in [2.45, 2.75) is 12.5 Å².